The van der Waals surface area contributed by atoms with E-state index in [0.29, 0.717) is 5.33 Å². The van der Waals surface area contributed by atoms with Crippen molar-refractivity contribution in [1.29, 1.82) is 0 Å². The molecule has 1 aromatic carbocycles. The lowest BCUT2D eigenvalue weighted by molar-refractivity contribution is 0.112. The van der Waals surface area contributed by atoms with E-state index in [-0.39, 0.29) is 0 Å². The van der Waals surface area contributed by atoms with Gasteiger partial charge >= 0.3 is 0 Å². The monoisotopic (exact) mass is 286 g/mol. The van der Waals surface area contributed by atoms with Crippen LogP contribution >= 0.6 is 39.9 Å². The third-order valence-electron chi connectivity index (χ3n) is 2.08. The molecule has 0 spiro atoms. The Morgan fingerprint density at radius 3 is 2.93 bits per heavy atom. The predicted molar refractivity (Wildman–Crippen MR) is 67.1 cm³/mol. The first-order valence-corrected chi connectivity index (χ1v) is 6.40. The fourth-order valence-corrected chi connectivity index (χ4v) is 3.15. The number of carbonyl (C=O) groups excluding carboxylic acids is 1. The van der Waals surface area contributed by atoms with Gasteiger partial charge in [-0.2, -0.15) is 0 Å². The summed E-state index contributed by atoms with van der Waals surface area (Å²) in [6, 6.07) is 5.95. The van der Waals surface area contributed by atoms with Gasteiger partial charge in [0.15, 0.2) is 6.29 Å². The minimum absolute atomic E-state index is 0.703. The molecule has 2 aromatic rings. The SMILES string of the molecule is O=Cc1c(CBr)ccc2sc(S)cc12. The second-order valence-electron chi connectivity index (χ2n) is 2.89. The third-order valence-corrected chi connectivity index (χ3v) is 3.99. The van der Waals surface area contributed by atoms with Crippen LogP contribution in [0.5, 0.6) is 0 Å². The largest absolute Gasteiger partial charge is 0.298 e. The van der Waals surface area contributed by atoms with Crippen molar-refractivity contribution < 1.29 is 4.79 Å². The summed E-state index contributed by atoms with van der Waals surface area (Å²) in [6.45, 7) is 0. The van der Waals surface area contributed by atoms with Gasteiger partial charge in [0, 0.05) is 21.0 Å². The Morgan fingerprint density at radius 2 is 2.29 bits per heavy atom. The average molecular weight is 287 g/mol. The van der Waals surface area contributed by atoms with Crippen molar-refractivity contribution >= 4 is 56.3 Å². The standard InChI is InChI=1S/C10H7BrOS2/c11-4-6-1-2-9-7(8(6)5-12)3-10(13)14-9/h1-3,5,13H,4H2. The lowest BCUT2D eigenvalue weighted by Crippen LogP contribution is -1.88. The Kier molecular flexibility index (Phi) is 2.95. The van der Waals surface area contributed by atoms with Crippen LogP contribution in [-0.2, 0) is 5.33 Å². The van der Waals surface area contributed by atoms with E-state index in [0.717, 1.165) is 31.7 Å². The quantitative estimate of drug-likeness (QED) is 0.503. The topological polar surface area (TPSA) is 17.1 Å². The molecule has 14 heavy (non-hydrogen) atoms. The molecule has 1 aromatic heterocycles. The summed E-state index contributed by atoms with van der Waals surface area (Å²) in [5.41, 5.74) is 1.80. The van der Waals surface area contributed by atoms with Crippen molar-refractivity contribution in [1.82, 2.24) is 0 Å². The number of carbonyl (C=O) groups is 1. The predicted octanol–water partition coefficient (Wildman–Crippen LogP) is 3.90. The lowest BCUT2D eigenvalue weighted by atomic mass is 10.1. The fraction of sp³-hybridized carbons (Fsp3) is 0.100. The van der Waals surface area contributed by atoms with Crippen LogP contribution in [0.25, 0.3) is 10.1 Å². The van der Waals surface area contributed by atoms with Crippen molar-refractivity contribution in [2.24, 2.45) is 0 Å². The van der Waals surface area contributed by atoms with E-state index in [2.05, 4.69) is 28.6 Å². The molecule has 0 aliphatic rings. The highest BCUT2D eigenvalue weighted by molar-refractivity contribution is 9.08. The number of hydrogen-bond donors (Lipinski definition) is 1. The van der Waals surface area contributed by atoms with Gasteiger partial charge < -0.3 is 0 Å². The molecule has 0 saturated carbocycles. The molecule has 0 saturated heterocycles. The number of aldehydes is 1. The first kappa shape index (κ1) is 10.2. The van der Waals surface area contributed by atoms with Crippen LogP contribution in [0.15, 0.2) is 22.4 Å². The van der Waals surface area contributed by atoms with E-state index >= 15 is 0 Å². The van der Waals surface area contributed by atoms with Crippen LogP contribution in [-0.4, -0.2) is 6.29 Å². The minimum Gasteiger partial charge on any atom is -0.298 e. The number of thiol groups is 1. The Hall–Kier alpha value is -0.320. The summed E-state index contributed by atoms with van der Waals surface area (Å²) >= 11 is 9.24. The number of halogens is 1. The van der Waals surface area contributed by atoms with Gasteiger partial charge in [-0.25, -0.2) is 0 Å². The van der Waals surface area contributed by atoms with Crippen LogP contribution in [0.4, 0.5) is 0 Å². The highest BCUT2D eigenvalue weighted by Gasteiger charge is 2.08. The molecule has 1 nitrogen and oxygen atoms in total. The number of thiophene rings is 1. The van der Waals surface area contributed by atoms with Crippen LogP contribution in [0.2, 0.25) is 0 Å². The number of hydrogen-bond acceptors (Lipinski definition) is 3. The lowest BCUT2D eigenvalue weighted by Gasteiger charge is -2.01. The fourth-order valence-electron chi connectivity index (χ4n) is 1.42. The summed E-state index contributed by atoms with van der Waals surface area (Å²) < 4.78 is 2.05. The van der Waals surface area contributed by atoms with E-state index < -0.39 is 0 Å². The molecule has 0 aliphatic carbocycles. The zero-order valence-electron chi connectivity index (χ0n) is 7.16. The van der Waals surface area contributed by atoms with Crippen LogP contribution < -0.4 is 0 Å². The van der Waals surface area contributed by atoms with Crippen molar-refractivity contribution in [2.45, 2.75) is 9.54 Å². The maximum atomic E-state index is 11.0. The summed E-state index contributed by atoms with van der Waals surface area (Å²) in [5.74, 6) is 0. The maximum Gasteiger partial charge on any atom is 0.151 e. The summed E-state index contributed by atoms with van der Waals surface area (Å²) in [7, 11) is 0. The molecule has 0 N–H and O–H groups in total. The molecule has 2 rings (SSSR count). The molecule has 0 fully saturated rings. The van der Waals surface area contributed by atoms with E-state index in [1.165, 1.54) is 0 Å². The number of fused-ring (bicyclic) bond motifs is 1. The molecule has 72 valence electrons. The van der Waals surface area contributed by atoms with Gasteiger partial charge in [-0.1, -0.05) is 22.0 Å². The van der Waals surface area contributed by atoms with Gasteiger partial charge in [0.1, 0.15) is 0 Å². The molecular weight excluding hydrogens is 280 g/mol. The normalized spacial score (nSPS) is 10.7. The van der Waals surface area contributed by atoms with Crippen molar-refractivity contribution in [2.75, 3.05) is 0 Å². The van der Waals surface area contributed by atoms with Crippen molar-refractivity contribution in [3.8, 4) is 0 Å². The molecule has 1 heterocycles. The first-order valence-electron chi connectivity index (χ1n) is 4.02. The highest BCUT2D eigenvalue weighted by Crippen LogP contribution is 2.32. The number of alkyl halides is 1. The van der Waals surface area contributed by atoms with Gasteiger partial charge in [0.25, 0.3) is 0 Å². The number of rotatable bonds is 2. The van der Waals surface area contributed by atoms with Crippen molar-refractivity contribution in [3.63, 3.8) is 0 Å². The Balaban J connectivity index is 2.82. The zero-order chi connectivity index (χ0) is 10.1. The van der Waals surface area contributed by atoms with Crippen LogP contribution in [0.3, 0.4) is 0 Å². The van der Waals surface area contributed by atoms with Gasteiger partial charge in [0.2, 0.25) is 0 Å². The van der Waals surface area contributed by atoms with E-state index in [1.807, 2.05) is 18.2 Å². The maximum absolute atomic E-state index is 11.0. The third kappa shape index (κ3) is 1.62. The van der Waals surface area contributed by atoms with Gasteiger partial charge in [0.05, 0.1) is 4.21 Å². The first-order chi connectivity index (χ1) is 6.76. The zero-order valence-corrected chi connectivity index (χ0v) is 10.5. The summed E-state index contributed by atoms with van der Waals surface area (Å²) in [5, 5.41) is 1.71. The molecule has 0 aliphatic heterocycles. The van der Waals surface area contributed by atoms with Crippen LogP contribution in [0, 0.1) is 0 Å². The van der Waals surface area contributed by atoms with E-state index in [4.69, 9.17) is 0 Å². The second kappa shape index (κ2) is 4.04. The van der Waals surface area contributed by atoms with Gasteiger partial charge in [-0.05, 0) is 17.7 Å². The van der Waals surface area contributed by atoms with E-state index in [9.17, 15) is 4.79 Å². The molecule has 4 heteroatoms. The molecule has 0 amide bonds. The summed E-state index contributed by atoms with van der Waals surface area (Å²) in [6.07, 6.45) is 0.916. The molecule has 0 atom stereocenters. The average Bonchev–Trinajstić information content (AvgIpc) is 2.56. The van der Waals surface area contributed by atoms with Gasteiger partial charge in [-0.15, -0.1) is 24.0 Å². The minimum atomic E-state index is 0.703. The van der Waals surface area contributed by atoms with Gasteiger partial charge in [-0.3, -0.25) is 4.79 Å². The second-order valence-corrected chi connectivity index (χ2v) is 5.32. The Morgan fingerprint density at radius 1 is 1.50 bits per heavy atom. The van der Waals surface area contributed by atoms with Crippen molar-refractivity contribution in [3.05, 3.63) is 29.3 Å². The molecular formula is C10H7BrOS2. The molecule has 0 unspecified atom stereocenters. The smallest absolute Gasteiger partial charge is 0.151 e. The Bertz CT molecular complexity index is 490. The van der Waals surface area contributed by atoms with Crippen LogP contribution in [0.1, 0.15) is 15.9 Å². The highest BCUT2D eigenvalue weighted by atomic mass is 79.9. The Labute approximate surface area is 99.7 Å². The molecule has 0 bridgehead atoms. The summed E-state index contributed by atoms with van der Waals surface area (Å²) in [4.78, 5) is 11.0. The number of benzene rings is 1. The van der Waals surface area contributed by atoms with E-state index in [1.54, 1.807) is 11.3 Å². The molecule has 0 radical (unpaired) electrons.